The lowest BCUT2D eigenvalue weighted by molar-refractivity contribution is -0.138. The Morgan fingerprint density at radius 2 is 1.62 bits per heavy atom. The van der Waals surface area contributed by atoms with Crippen LogP contribution in [0.1, 0.15) is 32.6 Å². The van der Waals surface area contributed by atoms with Crippen molar-refractivity contribution < 1.29 is 18.0 Å². The number of halogens is 3. The van der Waals surface area contributed by atoms with E-state index in [1.54, 1.807) is 12.1 Å². The van der Waals surface area contributed by atoms with Gasteiger partial charge in [-0.2, -0.15) is 23.7 Å². The van der Waals surface area contributed by atoms with Crippen LogP contribution < -0.4 is 0 Å². The van der Waals surface area contributed by atoms with Crippen molar-refractivity contribution in [1.29, 1.82) is 10.5 Å². The Balaban J connectivity index is 4.54. The molecule has 16 heavy (non-hydrogen) atoms. The molecular weight excluding hydrogens is 221 g/mol. The van der Waals surface area contributed by atoms with Crippen molar-refractivity contribution in [2.45, 2.75) is 38.8 Å². The molecule has 6 heteroatoms. The topological polar surface area (TPSA) is 64.7 Å². The zero-order valence-corrected chi connectivity index (χ0v) is 8.76. The number of ketones is 1. The van der Waals surface area contributed by atoms with E-state index in [2.05, 4.69) is 0 Å². The minimum absolute atomic E-state index is 0.0566. The molecule has 0 atom stereocenters. The van der Waals surface area contributed by atoms with Gasteiger partial charge in [0.1, 0.15) is 11.2 Å². The van der Waals surface area contributed by atoms with E-state index in [1.807, 2.05) is 0 Å². The normalized spacial score (nSPS) is 11.6. The van der Waals surface area contributed by atoms with E-state index in [1.165, 1.54) is 6.92 Å². The SMILES string of the molecule is CC(=O)CCC(C#N)(C#N)CCC(F)(F)F. The van der Waals surface area contributed by atoms with Gasteiger partial charge in [-0.25, -0.2) is 0 Å². The quantitative estimate of drug-likeness (QED) is 0.732. The van der Waals surface area contributed by atoms with Gasteiger partial charge in [0.2, 0.25) is 0 Å². The molecule has 0 aliphatic heterocycles. The molecule has 0 aromatic rings. The predicted octanol–water partition coefficient (Wildman–Crippen LogP) is 2.73. The largest absolute Gasteiger partial charge is 0.389 e. The second-order valence-electron chi connectivity index (χ2n) is 3.62. The molecule has 0 N–H and O–H groups in total. The molecule has 0 heterocycles. The van der Waals surface area contributed by atoms with Crippen LogP contribution in [0.5, 0.6) is 0 Å². The molecule has 88 valence electrons. The van der Waals surface area contributed by atoms with Gasteiger partial charge in [-0.05, 0) is 19.8 Å². The van der Waals surface area contributed by atoms with E-state index in [4.69, 9.17) is 10.5 Å². The number of Topliss-reactive ketones (excluding diaryl/α,β-unsaturated/α-hetero) is 1. The summed E-state index contributed by atoms with van der Waals surface area (Å²) in [7, 11) is 0. The highest BCUT2D eigenvalue weighted by Gasteiger charge is 2.36. The van der Waals surface area contributed by atoms with Crippen LogP contribution in [-0.4, -0.2) is 12.0 Å². The van der Waals surface area contributed by atoms with Gasteiger partial charge in [0, 0.05) is 12.8 Å². The van der Waals surface area contributed by atoms with Gasteiger partial charge in [-0.1, -0.05) is 0 Å². The van der Waals surface area contributed by atoms with Crippen molar-refractivity contribution in [2.24, 2.45) is 5.41 Å². The van der Waals surface area contributed by atoms with Crippen LogP contribution in [0, 0.1) is 28.1 Å². The summed E-state index contributed by atoms with van der Waals surface area (Å²) in [6.45, 7) is 1.27. The highest BCUT2D eigenvalue weighted by atomic mass is 19.4. The first-order chi connectivity index (χ1) is 7.24. The molecule has 0 bridgehead atoms. The van der Waals surface area contributed by atoms with Crippen molar-refractivity contribution in [2.75, 3.05) is 0 Å². The van der Waals surface area contributed by atoms with E-state index in [0.717, 1.165) is 0 Å². The molecule has 0 rings (SSSR count). The lowest BCUT2D eigenvalue weighted by Crippen LogP contribution is -2.21. The van der Waals surface area contributed by atoms with Crippen molar-refractivity contribution in [3.8, 4) is 12.1 Å². The van der Waals surface area contributed by atoms with Gasteiger partial charge >= 0.3 is 6.18 Å². The molecule has 3 nitrogen and oxygen atoms in total. The molecule has 0 spiro atoms. The summed E-state index contributed by atoms with van der Waals surface area (Å²) in [5, 5.41) is 17.5. The Morgan fingerprint density at radius 1 is 1.12 bits per heavy atom. The molecule has 0 aliphatic rings. The fourth-order valence-electron chi connectivity index (χ4n) is 1.12. The first-order valence-electron chi connectivity index (χ1n) is 4.63. The minimum atomic E-state index is -4.39. The van der Waals surface area contributed by atoms with Crippen molar-refractivity contribution in [3.05, 3.63) is 0 Å². The average molecular weight is 232 g/mol. The molecule has 0 aromatic heterocycles. The van der Waals surface area contributed by atoms with Crippen molar-refractivity contribution >= 4 is 5.78 Å². The summed E-state index contributed by atoms with van der Waals surface area (Å²) in [5.74, 6) is -0.248. The van der Waals surface area contributed by atoms with Crippen LogP contribution in [0.25, 0.3) is 0 Å². The smallest absolute Gasteiger partial charge is 0.300 e. The summed E-state index contributed by atoms with van der Waals surface area (Å²) in [6.07, 6.45) is -6.37. The second-order valence-corrected chi connectivity index (χ2v) is 3.62. The second kappa shape index (κ2) is 5.50. The Kier molecular flexibility index (Phi) is 4.97. The van der Waals surface area contributed by atoms with Gasteiger partial charge < -0.3 is 4.79 Å². The zero-order chi connectivity index (χ0) is 12.8. The first-order valence-corrected chi connectivity index (χ1v) is 4.63. The van der Waals surface area contributed by atoms with E-state index >= 15 is 0 Å². The number of carbonyl (C=O) groups excluding carboxylic acids is 1. The fourth-order valence-corrected chi connectivity index (χ4v) is 1.12. The summed E-state index contributed by atoms with van der Waals surface area (Å²) in [5.41, 5.74) is -1.71. The Bertz CT molecular complexity index is 321. The molecule has 0 radical (unpaired) electrons. The highest BCUT2D eigenvalue weighted by molar-refractivity contribution is 5.75. The third-order valence-corrected chi connectivity index (χ3v) is 2.17. The fraction of sp³-hybridized carbons (Fsp3) is 0.700. The molecule has 0 amide bonds. The summed E-state index contributed by atoms with van der Waals surface area (Å²) in [6, 6.07) is 3.16. The Hall–Kier alpha value is -1.56. The number of hydrogen-bond donors (Lipinski definition) is 0. The Labute approximate surface area is 91.5 Å². The molecule has 0 saturated carbocycles. The highest BCUT2D eigenvalue weighted by Crippen LogP contribution is 2.33. The van der Waals surface area contributed by atoms with Gasteiger partial charge in [0.05, 0.1) is 12.1 Å². The van der Waals surface area contributed by atoms with Crippen LogP contribution in [-0.2, 0) is 4.79 Å². The average Bonchev–Trinajstić information content (AvgIpc) is 2.18. The summed E-state index contributed by atoms with van der Waals surface area (Å²) < 4.78 is 35.9. The van der Waals surface area contributed by atoms with E-state index in [9.17, 15) is 18.0 Å². The van der Waals surface area contributed by atoms with Crippen LogP contribution in [0.4, 0.5) is 13.2 Å². The zero-order valence-electron chi connectivity index (χ0n) is 8.76. The Morgan fingerprint density at radius 3 is 1.94 bits per heavy atom. The minimum Gasteiger partial charge on any atom is -0.300 e. The molecule has 0 fully saturated rings. The predicted molar refractivity (Wildman–Crippen MR) is 48.9 cm³/mol. The number of hydrogen-bond acceptors (Lipinski definition) is 3. The monoisotopic (exact) mass is 232 g/mol. The molecule has 0 unspecified atom stereocenters. The number of carbonyl (C=O) groups is 1. The van der Waals surface area contributed by atoms with Gasteiger partial charge in [0.25, 0.3) is 0 Å². The van der Waals surface area contributed by atoms with Gasteiger partial charge in [-0.15, -0.1) is 0 Å². The maximum absolute atomic E-state index is 12.0. The lowest BCUT2D eigenvalue weighted by Gasteiger charge is -2.18. The maximum atomic E-state index is 12.0. The van der Waals surface area contributed by atoms with Gasteiger partial charge in [0.15, 0.2) is 0 Å². The number of rotatable bonds is 5. The van der Waals surface area contributed by atoms with Gasteiger partial charge in [-0.3, -0.25) is 0 Å². The van der Waals surface area contributed by atoms with E-state index < -0.39 is 24.4 Å². The van der Waals surface area contributed by atoms with Crippen LogP contribution in [0.2, 0.25) is 0 Å². The maximum Gasteiger partial charge on any atom is 0.389 e. The first kappa shape index (κ1) is 14.4. The van der Waals surface area contributed by atoms with Crippen LogP contribution >= 0.6 is 0 Å². The van der Waals surface area contributed by atoms with Crippen LogP contribution in [0.3, 0.4) is 0 Å². The van der Waals surface area contributed by atoms with Crippen molar-refractivity contribution in [1.82, 2.24) is 0 Å². The molecule has 0 aromatic carbocycles. The summed E-state index contributed by atoms with van der Waals surface area (Å²) in [4.78, 5) is 10.7. The summed E-state index contributed by atoms with van der Waals surface area (Å²) >= 11 is 0. The molecule has 0 saturated heterocycles. The molecular formula is C10H11F3N2O. The third kappa shape index (κ3) is 5.35. The third-order valence-electron chi connectivity index (χ3n) is 2.17. The number of alkyl halides is 3. The van der Waals surface area contributed by atoms with E-state index in [-0.39, 0.29) is 18.6 Å². The standard InChI is InChI=1S/C10H11F3N2O/c1-8(16)2-3-9(6-14,7-15)4-5-10(11,12)13/h2-5H2,1H3. The molecule has 0 aliphatic carbocycles. The van der Waals surface area contributed by atoms with Crippen molar-refractivity contribution in [3.63, 3.8) is 0 Å². The van der Waals surface area contributed by atoms with E-state index in [0.29, 0.717) is 0 Å². The van der Waals surface area contributed by atoms with Crippen LogP contribution in [0.15, 0.2) is 0 Å². The number of nitrogens with zero attached hydrogens (tertiary/aromatic N) is 2. The number of nitriles is 2. The lowest BCUT2D eigenvalue weighted by atomic mass is 9.81.